The van der Waals surface area contributed by atoms with Gasteiger partial charge >= 0.3 is 0 Å². The minimum atomic E-state index is 0. The van der Waals surface area contributed by atoms with Crippen LogP contribution < -0.4 is 5.32 Å². The van der Waals surface area contributed by atoms with Crippen LogP contribution in [0, 0.1) is 0 Å². The maximum atomic E-state index is 5.72. The predicted molar refractivity (Wildman–Crippen MR) is 131 cm³/mol. The van der Waals surface area contributed by atoms with Crippen LogP contribution in [-0.2, 0) is 16.0 Å². The van der Waals surface area contributed by atoms with Crippen LogP contribution >= 0.6 is 24.0 Å². The molecule has 2 heterocycles. The standard InChI is InChI=1S/C22H33N5O2.HI/c1-3-23-22(24-12-8-13-28-17-19-11-7-14-29-19)27(2)16-21-25-15-20(26-21)18-9-5-4-6-10-18;/h4-6,9-10,15,19H,3,7-8,11-14,16-17H2,1-2H3,(H,23,24)(H,25,26);1H. The molecule has 1 aromatic heterocycles. The number of nitrogens with zero attached hydrogens (tertiary/aromatic N) is 3. The molecule has 1 aliphatic heterocycles. The van der Waals surface area contributed by atoms with Crippen LogP contribution in [0.2, 0.25) is 0 Å². The zero-order chi connectivity index (χ0) is 20.3. The Balaban J connectivity index is 0.00000320. The molecular weight excluding hydrogens is 493 g/mol. The molecule has 8 heteroatoms. The van der Waals surface area contributed by atoms with Crippen molar-refractivity contribution < 1.29 is 9.47 Å². The van der Waals surface area contributed by atoms with E-state index < -0.39 is 0 Å². The van der Waals surface area contributed by atoms with E-state index in [0.29, 0.717) is 19.8 Å². The van der Waals surface area contributed by atoms with E-state index in [1.54, 1.807) is 0 Å². The second kappa shape index (κ2) is 13.6. The summed E-state index contributed by atoms with van der Waals surface area (Å²) in [5.74, 6) is 1.79. The molecule has 1 unspecified atom stereocenters. The molecule has 1 fully saturated rings. The van der Waals surface area contributed by atoms with Gasteiger partial charge in [0.2, 0.25) is 0 Å². The number of aromatic nitrogens is 2. The highest BCUT2D eigenvalue weighted by Crippen LogP contribution is 2.16. The lowest BCUT2D eigenvalue weighted by Crippen LogP contribution is -2.38. The maximum Gasteiger partial charge on any atom is 0.194 e. The summed E-state index contributed by atoms with van der Waals surface area (Å²) in [5, 5.41) is 3.35. The highest BCUT2D eigenvalue weighted by molar-refractivity contribution is 14.0. The molecule has 0 bridgehead atoms. The second-order valence-electron chi connectivity index (χ2n) is 7.26. The van der Waals surface area contributed by atoms with Crippen molar-refractivity contribution in [1.29, 1.82) is 0 Å². The summed E-state index contributed by atoms with van der Waals surface area (Å²) in [4.78, 5) is 14.7. The number of ether oxygens (including phenoxy) is 2. The monoisotopic (exact) mass is 527 g/mol. The Morgan fingerprint density at radius 2 is 2.20 bits per heavy atom. The third kappa shape index (κ3) is 7.88. The van der Waals surface area contributed by atoms with Gasteiger partial charge in [0.05, 0.1) is 31.1 Å². The highest BCUT2D eigenvalue weighted by atomic mass is 127. The van der Waals surface area contributed by atoms with Crippen LogP contribution in [-0.4, -0.2) is 66.9 Å². The van der Waals surface area contributed by atoms with E-state index in [1.165, 1.54) is 0 Å². The average Bonchev–Trinajstić information content (AvgIpc) is 3.42. The summed E-state index contributed by atoms with van der Waals surface area (Å²) in [5.41, 5.74) is 2.16. The quantitative estimate of drug-likeness (QED) is 0.214. The summed E-state index contributed by atoms with van der Waals surface area (Å²) in [6.07, 6.45) is 5.34. The second-order valence-corrected chi connectivity index (χ2v) is 7.26. The molecule has 1 saturated heterocycles. The van der Waals surface area contributed by atoms with Gasteiger partial charge in [0, 0.05) is 33.4 Å². The van der Waals surface area contributed by atoms with E-state index in [1.807, 2.05) is 31.4 Å². The number of imidazole rings is 1. The third-order valence-corrected chi connectivity index (χ3v) is 4.83. The molecule has 2 N–H and O–H groups in total. The van der Waals surface area contributed by atoms with Gasteiger partial charge in [-0.2, -0.15) is 0 Å². The maximum absolute atomic E-state index is 5.72. The van der Waals surface area contributed by atoms with Crippen molar-refractivity contribution in [2.45, 2.75) is 38.8 Å². The van der Waals surface area contributed by atoms with Crippen molar-refractivity contribution in [3.63, 3.8) is 0 Å². The van der Waals surface area contributed by atoms with Gasteiger partial charge < -0.3 is 24.7 Å². The van der Waals surface area contributed by atoms with Crippen LogP contribution in [0.4, 0.5) is 0 Å². The van der Waals surface area contributed by atoms with Crippen LogP contribution in [0.15, 0.2) is 41.5 Å². The lowest BCUT2D eigenvalue weighted by atomic mass is 10.2. The molecular formula is C22H34IN5O2. The Kier molecular flexibility index (Phi) is 11.2. The van der Waals surface area contributed by atoms with Gasteiger partial charge in [-0.15, -0.1) is 24.0 Å². The number of guanidine groups is 1. The van der Waals surface area contributed by atoms with E-state index in [2.05, 4.69) is 39.2 Å². The molecule has 1 aromatic carbocycles. The summed E-state index contributed by atoms with van der Waals surface area (Å²) in [6, 6.07) is 10.2. The molecule has 1 atom stereocenters. The van der Waals surface area contributed by atoms with Gasteiger partial charge in [-0.05, 0) is 31.7 Å². The smallest absolute Gasteiger partial charge is 0.194 e. The van der Waals surface area contributed by atoms with Crippen molar-refractivity contribution in [3.05, 3.63) is 42.4 Å². The number of aliphatic imine (C=N–C) groups is 1. The number of nitrogens with one attached hydrogen (secondary N) is 2. The summed E-state index contributed by atoms with van der Waals surface area (Å²) in [7, 11) is 2.03. The Hall–Kier alpha value is -1.65. The van der Waals surface area contributed by atoms with Crippen molar-refractivity contribution >= 4 is 29.9 Å². The van der Waals surface area contributed by atoms with Gasteiger partial charge in [-0.25, -0.2) is 4.98 Å². The van der Waals surface area contributed by atoms with Gasteiger partial charge in [0.15, 0.2) is 5.96 Å². The first-order valence-electron chi connectivity index (χ1n) is 10.5. The summed E-state index contributed by atoms with van der Waals surface area (Å²) < 4.78 is 11.3. The molecule has 0 spiro atoms. The molecule has 0 amide bonds. The van der Waals surface area contributed by atoms with Crippen molar-refractivity contribution in [2.75, 3.05) is 40.0 Å². The lowest BCUT2D eigenvalue weighted by molar-refractivity contribution is 0.0170. The number of aromatic amines is 1. The lowest BCUT2D eigenvalue weighted by Gasteiger charge is -2.21. The van der Waals surface area contributed by atoms with Crippen LogP contribution in [0.3, 0.4) is 0 Å². The average molecular weight is 527 g/mol. The fourth-order valence-corrected chi connectivity index (χ4v) is 3.32. The zero-order valence-electron chi connectivity index (χ0n) is 18.0. The van der Waals surface area contributed by atoms with E-state index in [4.69, 9.17) is 14.5 Å². The fourth-order valence-electron chi connectivity index (χ4n) is 3.32. The first-order chi connectivity index (χ1) is 14.3. The predicted octanol–water partition coefficient (Wildman–Crippen LogP) is 3.68. The van der Waals surface area contributed by atoms with Crippen LogP contribution in [0.5, 0.6) is 0 Å². The first kappa shape index (κ1) is 24.6. The molecule has 166 valence electrons. The number of hydrogen-bond donors (Lipinski definition) is 2. The topological polar surface area (TPSA) is 74.8 Å². The van der Waals surface area contributed by atoms with Crippen LogP contribution in [0.25, 0.3) is 11.3 Å². The Labute approximate surface area is 196 Å². The first-order valence-corrected chi connectivity index (χ1v) is 10.5. The Morgan fingerprint density at radius 1 is 1.37 bits per heavy atom. The van der Waals surface area contributed by atoms with E-state index in [-0.39, 0.29) is 30.1 Å². The van der Waals surface area contributed by atoms with E-state index in [0.717, 1.165) is 62.0 Å². The molecule has 0 saturated carbocycles. The van der Waals surface area contributed by atoms with E-state index in [9.17, 15) is 0 Å². The molecule has 30 heavy (non-hydrogen) atoms. The Morgan fingerprint density at radius 3 is 2.93 bits per heavy atom. The normalized spacial score (nSPS) is 16.3. The number of rotatable bonds is 10. The SMILES string of the molecule is CCNC(=NCCCOCC1CCCO1)N(C)Cc1ncc(-c2ccccc2)[nH]1.I. The third-order valence-electron chi connectivity index (χ3n) is 4.83. The summed E-state index contributed by atoms with van der Waals surface area (Å²) in [6.45, 7) is 6.58. The van der Waals surface area contributed by atoms with Gasteiger partial charge in [0.25, 0.3) is 0 Å². The van der Waals surface area contributed by atoms with Gasteiger partial charge in [-0.3, -0.25) is 4.99 Å². The molecule has 7 nitrogen and oxygen atoms in total. The van der Waals surface area contributed by atoms with Gasteiger partial charge in [-0.1, -0.05) is 30.3 Å². The van der Waals surface area contributed by atoms with Crippen molar-refractivity contribution in [1.82, 2.24) is 20.2 Å². The number of H-pyrrole nitrogens is 1. The van der Waals surface area contributed by atoms with Crippen molar-refractivity contribution in [2.24, 2.45) is 4.99 Å². The number of benzene rings is 1. The number of hydrogen-bond acceptors (Lipinski definition) is 4. The minimum Gasteiger partial charge on any atom is -0.379 e. The zero-order valence-corrected chi connectivity index (χ0v) is 20.3. The number of halogens is 1. The Bertz CT molecular complexity index is 747. The largest absolute Gasteiger partial charge is 0.379 e. The van der Waals surface area contributed by atoms with Crippen LogP contribution in [0.1, 0.15) is 32.0 Å². The molecule has 2 aromatic rings. The van der Waals surface area contributed by atoms with Gasteiger partial charge in [0.1, 0.15) is 5.82 Å². The summed E-state index contributed by atoms with van der Waals surface area (Å²) >= 11 is 0. The molecule has 0 radical (unpaired) electrons. The van der Waals surface area contributed by atoms with Crippen molar-refractivity contribution in [3.8, 4) is 11.3 Å². The fraction of sp³-hybridized carbons (Fsp3) is 0.545. The minimum absolute atomic E-state index is 0. The highest BCUT2D eigenvalue weighted by Gasteiger charge is 2.15. The van der Waals surface area contributed by atoms with E-state index >= 15 is 0 Å². The molecule has 0 aliphatic carbocycles. The molecule has 1 aliphatic rings. The molecule has 3 rings (SSSR count).